The van der Waals surface area contributed by atoms with Crippen LogP contribution in [0.3, 0.4) is 0 Å². The van der Waals surface area contributed by atoms with E-state index in [1.807, 2.05) is 0 Å². The molecule has 31 heavy (non-hydrogen) atoms. The number of hydrogen-bond donors (Lipinski definition) is 2. The first-order valence-corrected chi connectivity index (χ1v) is 11.0. The number of furan rings is 1. The van der Waals surface area contributed by atoms with Gasteiger partial charge in [-0.25, -0.2) is 17.9 Å². The van der Waals surface area contributed by atoms with Gasteiger partial charge in [-0.3, -0.25) is 4.79 Å². The van der Waals surface area contributed by atoms with Crippen molar-refractivity contribution in [3.05, 3.63) is 82.8 Å². The highest BCUT2D eigenvalue weighted by atomic mass is 35.5. The molecule has 0 bridgehead atoms. The van der Waals surface area contributed by atoms with Gasteiger partial charge < -0.3 is 14.5 Å². The number of hydrogen-bond acceptors (Lipinski definition) is 6. The van der Waals surface area contributed by atoms with Crippen LogP contribution in [0.4, 0.5) is 5.69 Å². The summed E-state index contributed by atoms with van der Waals surface area (Å²) in [4.78, 5) is 24.2. The predicted octanol–water partition coefficient (Wildman–Crippen LogP) is 3.52. The van der Waals surface area contributed by atoms with Gasteiger partial charge in [0.15, 0.2) is 6.61 Å². The molecule has 8 nitrogen and oxygen atoms in total. The van der Waals surface area contributed by atoms with Crippen LogP contribution in [0, 0.1) is 6.92 Å². The third kappa shape index (κ3) is 6.17. The fourth-order valence-corrected chi connectivity index (χ4v) is 3.89. The number of ether oxygens (including phenoxy) is 1. The van der Waals surface area contributed by atoms with Gasteiger partial charge in [0.05, 0.1) is 23.3 Å². The number of aryl methyl sites for hydroxylation is 1. The molecule has 3 aromatic rings. The SMILES string of the molecule is Cc1cc(Cl)ccc1NC(=O)COC(=O)c1cccc(S(=O)(=O)NCc2ccco2)c1. The molecule has 0 aliphatic heterocycles. The van der Waals surface area contributed by atoms with Crippen molar-refractivity contribution in [2.75, 3.05) is 11.9 Å². The minimum atomic E-state index is -3.88. The van der Waals surface area contributed by atoms with Crippen LogP contribution in [0.15, 0.2) is 70.2 Å². The maximum Gasteiger partial charge on any atom is 0.338 e. The van der Waals surface area contributed by atoms with E-state index in [0.717, 1.165) is 5.56 Å². The van der Waals surface area contributed by atoms with Crippen molar-refractivity contribution in [3.8, 4) is 0 Å². The number of amides is 1. The lowest BCUT2D eigenvalue weighted by molar-refractivity contribution is -0.119. The molecule has 3 rings (SSSR count). The summed E-state index contributed by atoms with van der Waals surface area (Å²) in [6.07, 6.45) is 1.44. The van der Waals surface area contributed by atoms with Crippen molar-refractivity contribution in [1.82, 2.24) is 4.72 Å². The molecule has 0 saturated carbocycles. The summed E-state index contributed by atoms with van der Waals surface area (Å²) in [5, 5.41) is 3.16. The molecule has 2 N–H and O–H groups in total. The minimum Gasteiger partial charge on any atom is -0.468 e. The molecule has 0 fully saturated rings. The molecule has 0 atom stereocenters. The Morgan fingerprint density at radius 1 is 1.10 bits per heavy atom. The minimum absolute atomic E-state index is 0.00338. The van der Waals surface area contributed by atoms with Crippen molar-refractivity contribution in [2.24, 2.45) is 0 Å². The quantitative estimate of drug-likeness (QED) is 0.495. The van der Waals surface area contributed by atoms with Crippen molar-refractivity contribution in [3.63, 3.8) is 0 Å². The summed E-state index contributed by atoms with van der Waals surface area (Å²) in [6, 6.07) is 13.6. The number of carbonyl (C=O) groups excluding carboxylic acids is 2. The van der Waals surface area contributed by atoms with Crippen LogP contribution in [0.5, 0.6) is 0 Å². The topological polar surface area (TPSA) is 115 Å². The Morgan fingerprint density at radius 3 is 2.61 bits per heavy atom. The Balaban J connectivity index is 1.59. The van der Waals surface area contributed by atoms with Gasteiger partial charge >= 0.3 is 5.97 Å². The molecular weight excluding hydrogens is 444 g/mol. The summed E-state index contributed by atoms with van der Waals surface area (Å²) in [7, 11) is -3.88. The first kappa shape index (κ1) is 22.5. The summed E-state index contributed by atoms with van der Waals surface area (Å²) in [5.74, 6) is -0.921. The fraction of sp³-hybridized carbons (Fsp3) is 0.143. The van der Waals surface area contributed by atoms with E-state index in [4.69, 9.17) is 20.8 Å². The van der Waals surface area contributed by atoms with Crippen LogP contribution in [0.25, 0.3) is 0 Å². The third-order valence-electron chi connectivity index (χ3n) is 4.19. The van der Waals surface area contributed by atoms with Crippen LogP contribution < -0.4 is 10.0 Å². The molecule has 0 aliphatic carbocycles. The molecule has 2 aromatic carbocycles. The van der Waals surface area contributed by atoms with Gasteiger partial charge in [-0.15, -0.1) is 0 Å². The largest absolute Gasteiger partial charge is 0.468 e. The number of sulfonamides is 1. The Morgan fingerprint density at radius 2 is 1.90 bits per heavy atom. The first-order valence-electron chi connectivity index (χ1n) is 9.10. The zero-order valence-electron chi connectivity index (χ0n) is 16.4. The van der Waals surface area contributed by atoms with Gasteiger partial charge in [-0.1, -0.05) is 17.7 Å². The zero-order valence-corrected chi connectivity index (χ0v) is 18.0. The summed E-state index contributed by atoms with van der Waals surface area (Å²) in [5.41, 5.74) is 1.30. The zero-order chi connectivity index (χ0) is 22.4. The fourth-order valence-electron chi connectivity index (χ4n) is 2.62. The number of rotatable bonds is 8. The normalized spacial score (nSPS) is 11.2. The molecule has 1 amide bonds. The van der Waals surface area contributed by atoms with Crippen LogP contribution in [0.2, 0.25) is 5.02 Å². The molecular formula is C21H19ClN2O6S. The Hall–Kier alpha value is -3.14. The van der Waals surface area contributed by atoms with Crippen LogP contribution >= 0.6 is 11.6 Å². The second-order valence-corrected chi connectivity index (χ2v) is 8.72. The Labute approximate surface area is 184 Å². The van der Waals surface area contributed by atoms with Crippen molar-refractivity contribution in [1.29, 1.82) is 0 Å². The number of benzene rings is 2. The lowest BCUT2D eigenvalue weighted by Crippen LogP contribution is -2.24. The number of halogens is 1. The van der Waals surface area contributed by atoms with Gasteiger partial charge in [0.2, 0.25) is 10.0 Å². The molecule has 1 heterocycles. The number of carbonyl (C=O) groups is 2. The van der Waals surface area contributed by atoms with E-state index in [2.05, 4.69) is 10.0 Å². The van der Waals surface area contributed by atoms with E-state index < -0.39 is 28.5 Å². The van der Waals surface area contributed by atoms with Gasteiger partial charge in [-0.05, 0) is 61.0 Å². The summed E-state index contributed by atoms with van der Waals surface area (Å²) >= 11 is 5.88. The maximum atomic E-state index is 12.4. The lowest BCUT2D eigenvalue weighted by Gasteiger charge is -2.10. The molecule has 162 valence electrons. The van der Waals surface area contributed by atoms with Crippen molar-refractivity contribution in [2.45, 2.75) is 18.4 Å². The molecule has 0 saturated heterocycles. The van der Waals surface area contributed by atoms with E-state index in [0.29, 0.717) is 16.5 Å². The maximum absolute atomic E-state index is 12.4. The molecule has 1 aromatic heterocycles. The van der Waals surface area contributed by atoms with Gasteiger partial charge in [0, 0.05) is 10.7 Å². The second kappa shape index (κ2) is 9.78. The van der Waals surface area contributed by atoms with Gasteiger partial charge in [0.1, 0.15) is 5.76 Å². The third-order valence-corrected chi connectivity index (χ3v) is 5.83. The molecule has 0 radical (unpaired) electrons. The average molecular weight is 463 g/mol. The van der Waals surface area contributed by atoms with Crippen LogP contribution in [-0.2, 0) is 26.1 Å². The number of esters is 1. The summed E-state index contributed by atoms with van der Waals surface area (Å²) < 4.78 is 37.4. The summed E-state index contributed by atoms with van der Waals surface area (Å²) in [6.45, 7) is 1.21. The predicted molar refractivity (Wildman–Crippen MR) is 114 cm³/mol. The van der Waals surface area contributed by atoms with E-state index in [-0.39, 0.29) is 17.0 Å². The standard InChI is InChI=1S/C21H19ClN2O6S/c1-14-10-16(22)7-8-19(14)24-20(25)13-30-21(26)15-4-2-6-18(11-15)31(27,28)23-12-17-5-3-9-29-17/h2-11,23H,12-13H2,1H3,(H,24,25). The van der Waals surface area contributed by atoms with E-state index in [1.165, 1.54) is 30.5 Å². The average Bonchev–Trinajstić information content (AvgIpc) is 3.26. The Kier molecular flexibility index (Phi) is 7.11. The highest BCUT2D eigenvalue weighted by Crippen LogP contribution is 2.19. The first-order chi connectivity index (χ1) is 14.7. The van der Waals surface area contributed by atoms with Crippen LogP contribution in [-0.4, -0.2) is 26.9 Å². The second-order valence-electron chi connectivity index (χ2n) is 6.52. The number of nitrogens with one attached hydrogen (secondary N) is 2. The monoisotopic (exact) mass is 462 g/mol. The number of anilines is 1. The van der Waals surface area contributed by atoms with Crippen molar-refractivity contribution >= 4 is 39.2 Å². The van der Waals surface area contributed by atoms with E-state index in [1.54, 1.807) is 37.3 Å². The van der Waals surface area contributed by atoms with Crippen molar-refractivity contribution < 1.29 is 27.2 Å². The molecule has 0 unspecified atom stereocenters. The van der Waals surface area contributed by atoms with Gasteiger partial charge in [-0.2, -0.15) is 0 Å². The van der Waals surface area contributed by atoms with Gasteiger partial charge in [0.25, 0.3) is 5.91 Å². The van der Waals surface area contributed by atoms with E-state index in [9.17, 15) is 18.0 Å². The molecule has 10 heteroatoms. The van der Waals surface area contributed by atoms with E-state index >= 15 is 0 Å². The Bertz CT molecular complexity index is 1190. The molecule has 0 spiro atoms. The highest BCUT2D eigenvalue weighted by molar-refractivity contribution is 7.89. The van der Waals surface area contributed by atoms with Crippen LogP contribution in [0.1, 0.15) is 21.7 Å². The smallest absolute Gasteiger partial charge is 0.338 e. The lowest BCUT2D eigenvalue weighted by atomic mass is 10.2. The highest BCUT2D eigenvalue weighted by Gasteiger charge is 2.18. The molecule has 0 aliphatic rings.